The summed E-state index contributed by atoms with van der Waals surface area (Å²) in [6.07, 6.45) is 13.8. The summed E-state index contributed by atoms with van der Waals surface area (Å²) < 4.78 is 5.48. The van der Waals surface area contributed by atoms with E-state index in [4.69, 9.17) is 4.74 Å². The van der Waals surface area contributed by atoms with Gasteiger partial charge in [0, 0.05) is 0 Å². The Morgan fingerprint density at radius 2 is 1.25 bits per heavy atom. The van der Waals surface area contributed by atoms with Crippen LogP contribution < -0.4 is 5.32 Å². The van der Waals surface area contributed by atoms with Gasteiger partial charge in [-0.2, -0.15) is 0 Å². The van der Waals surface area contributed by atoms with Crippen LogP contribution in [-0.4, -0.2) is 29.6 Å². The molecule has 5 nitrogen and oxygen atoms in total. The monoisotopic (exact) mass is 495 g/mol. The van der Waals surface area contributed by atoms with Gasteiger partial charge < -0.3 is 15.2 Å². The van der Waals surface area contributed by atoms with E-state index < -0.39 is 18.1 Å². The van der Waals surface area contributed by atoms with Crippen LogP contribution in [0.2, 0.25) is 0 Å². The number of benzene rings is 2. The second kappa shape index (κ2) is 18.6. The van der Waals surface area contributed by atoms with Crippen LogP contribution in [0.4, 0.5) is 0 Å². The van der Waals surface area contributed by atoms with E-state index in [1.165, 1.54) is 57.8 Å². The van der Waals surface area contributed by atoms with Gasteiger partial charge in [-0.05, 0) is 17.5 Å². The fourth-order valence-electron chi connectivity index (χ4n) is 4.32. The lowest BCUT2D eigenvalue weighted by Crippen LogP contribution is -2.46. The van der Waals surface area contributed by atoms with E-state index in [0.717, 1.165) is 24.8 Å². The van der Waals surface area contributed by atoms with Gasteiger partial charge in [0.15, 0.2) is 6.04 Å². The van der Waals surface area contributed by atoms with Crippen molar-refractivity contribution in [2.75, 3.05) is 6.61 Å². The van der Waals surface area contributed by atoms with Crippen molar-refractivity contribution in [3.63, 3.8) is 0 Å². The highest BCUT2D eigenvalue weighted by atomic mass is 16.5. The third-order valence-corrected chi connectivity index (χ3v) is 6.48. The highest BCUT2D eigenvalue weighted by Gasteiger charge is 2.31. The standard InChI is InChI=1S/C31H45NO4/c1-2-3-4-5-6-7-8-9-10-11-12-19-24-36-31(35)29(30(34)27-22-17-14-18-23-27)32-28(33)25-26-20-15-13-16-21-26/h13-18,20-23,29-30,34H,2-12,19,24-25H2,1H3,(H,32,33)/t29-,30+/m1/s1. The zero-order chi connectivity index (χ0) is 25.8. The second-order valence-corrected chi connectivity index (χ2v) is 9.62. The molecule has 5 heteroatoms. The number of carbonyl (C=O) groups is 2. The summed E-state index contributed by atoms with van der Waals surface area (Å²) in [4.78, 5) is 25.5. The normalized spacial score (nSPS) is 12.6. The Hall–Kier alpha value is -2.66. The molecule has 0 fully saturated rings. The molecule has 0 aliphatic heterocycles. The molecule has 0 aromatic heterocycles. The smallest absolute Gasteiger partial charge is 0.331 e. The molecule has 0 spiro atoms. The predicted octanol–water partition coefficient (Wildman–Crippen LogP) is 6.69. The van der Waals surface area contributed by atoms with Crippen LogP contribution in [0.3, 0.4) is 0 Å². The van der Waals surface area contributed by atoms with E-state index in [2.05, 4.69) is 12.2 Å². The van der Waals surface area contributed by atoms with Crippen molar-refractivity contribution in [2.24, 2.45) is 0 Å². The number of ether oxygens (including phenoxy) is 1. The number of amides is 1. The molecule has 0 aliphatic rings. The molecule has 2 N–H and O–H groups in total. The predicted molar refractivity (Wildman–Crippen MR) is 146 cm³/mol. The molecule has 2 aromatic rings. The molecule has 0 unspecified atom stereocenters. The van der Waals surface area contributed by atoms with Gasteiger partial charge in [0.1, 0.15) is 6.10 Å². The Morgan fingerprint density at radius 3 is 1.81 bits per heavy atom. The molecule has 0 heterocycles. The lowest BCUT2D eigenvalue weighted by molar-refractivity contribution is -0.151. The lowest BCUT2D eigenvalue weighted by Gasteiger charge is -2.23. The van der Waals surface area contributed by atoms with Gasteiger partial charge in [-0.3, -0.25) is 4.79 Å². The summed E-state index contributed by atoms with van der Waals surface area (Å²) >= 11 is 0. The van der Waals surface area contributed by atoms with E-state index in [-0.39, 0.29) is 12.3 Å². The Kier molecular flexibility index (Phi) is 15.3. The molecule has 2 aromatic carbocycles. The summed E-state index contributed by atoms with van der Waals surface area (Å²) in [5.74, 6) is -0.931. The fourth-order valence-corrected chi connectivity index (χ4v) is 4.32. The number of hydrogen-bond donors (Lipinski definition) is 2. The van der Waals surface area contributed by atoms with Crippen LogP contribution in [-0.2, 0) is 20.7 Å². The summed E-state index contributed by atoms with van der Waals surface area (Å²) in [6, 6.07) is 17.1. The molecule has 2 rings (SSSR count). The molecular formula is C31H45NO4. The molecule has 36 heavy (non-hydrogen) atoms. The molecule has 2 atom stereocenters. The zero-order valence-electron chi connectivity index (χ0n) is 22.0. The zero-order valence-corrected chi connectivity index (χ0v) is 22.0. The van der Waals surface area contributed by atoms with Gasteiger partial charge in [0.05, 0.1) is 13.0 Å². The SMILES string of the molecule is CCCCCCCCCCCCCCOC(=O)[C@H](NC(=O)Cc1ccccc1)[C@@H](O)c1ccccc1. The average Bonchev–Trinajstić information content (AvgIpc) is 2.90. The van der Waals surface area contributed by atoms with Crippen LogP contribution in [0.5, 0.6) is 0 Å². The van der Waals surface area contributed by atoms with E-state index in [0.29, 0.717) is 12.2 Å². The Bertz CT molecular complexity index is 840. The van der Waals surface area contributed by atoms with E-state index in [1.54, 1.807) is 24.3 Å². The minimum atomic E-state index is -1.18. The third-order valence-electron chi connectivity index (χ3n) is 6.48. The molecule has 0 saturated heterocycles. The van der Waals surface area contributed by atoms with Crippen molar-refractivity contribution in [1.29, 1.82) is 0 Å². The van der Waals surface area contributed by atoms with Crippen LogP contribution in [0.25, 0.3) is 0 Å². The maximum atomic E-state index is 12.9. The van der Waals surface area contributed by atoms with Gasteiger partial charge in [0.2, 0.25) is 5.91 Å². The molecule has 0 bridgehead atoms. The van der Waals surface area contributed by atoms with Gasteiger partial charge in [-0.1, -0.05) is 138 Å². The highest BCUT2D eigenvalue weighted by Crippen LogP contribution is 2.18. The highest BCUT2D eigenvalue weighted by molar-refractivity contribution is 5.86. The minimum Gasteiger partial charge on any atom is -0.464 e. The van der Waals surface area contributed by atoms with E-state index in [9.17, 15) is 14.7 Å². The summed E-state index contributed by atoms with van der Waals surface area (Å²) in [5, 5.41) is 13.6. The Labute approximate surface area is 217 Å². The molecule has 1 amide bonds. The van der Waals surface area contributed by atoms with Crippen LogP contribution in [0.15, 0.2) is 60.7 Å². The molecule has 198 valence electrons. The van der Waals surface area contributed by atoms with Crippen molar-refractivity contribution < 1.29 is 19.4 Å². The molecule has 0 radical (unpaired) electrons. The van der Waals surface area contributed by atoms with Crippen LogP contribution in [0, 0.1) is 0 Å². The number of rotatable bonds is 19. The second-order valence-electron chi connectivity index (χ2n) is 9.62. The third kappa shape index (κ3) is 12.3. The molecule has 0 saturated carbocycles. The van der Waals surface area contributed by atoms with E-state index in [1.807, 2.05) is 36.4 Å². The maximum absolute atomic E-state index is 12.9. The van der Waals surface area contributed by atoms with Gasteiger partial charge >= 0.3 is 5.97 Å². The fraction of sp³-hybridized carbons (Fsp3) is 0.548. The first kappa shape index (κ1) is 29.6. The van der Waals surface area contributed by atoms with Gasteiger partial charge in [-0.25, -0.2) is 4.79 Å². The first-order chi connectivity index (χ1) is 17.6. The van der Waals surface area contributed by atoms with E-state index >= 15 is 0 Å². The van der Waals surface area contributed by atoms with Crippen LogP contribution >= 0.6 is 0 Å². The number of aliphatic hydroxyl groups is 1. The minimum absolute atomic E-state index is 0.130. The van der Waals surface area contributed by atoms with Gasteiger partial charge in [-0.15, -0.1) is 0 Å². The lowest BCUT2D eigenvalue weighted by atomic mass is 10.0. The average molecular weight is 496 g/mol. The quantitative estimate of drug-likeness (QED) is 0.168. The van der Waals surface area contributed by atoms with Crippen LogP contribution in [0.1, 0.15) is 101 Å². The maximum Gasteiger partial charge on any atom is 0.331 e. The van der Waals surface area contributed by atoms with Crippen molar-refractivity contribution >= 4 is 11.9 Å². The van der Waals surface area contributed by atoms with Crippen molar-refractivity contribution in [3.05, 3.63) is 71.8 Å². The van der Waals surface area contributed by atoms with Gasteiger partial charge in [0.25, 0.3) is 0 Å². The largest absolute Gasteiger partial charge is 0.464 e. The summed E-state index contributed by atoms with van der Waals surface area (Å²) in [7, 11) is 0. The molecule has 0 aliphatic carbocycles. The number of hydrogen-bond acceptors (Lipinski definition) is 4. The molecular weight excluding hydrogens is 450 g/mol. The number of carbonyl (C=O) groups excluding carboxylic acids is 2. The summed E-state index contributed by atoms with van der Waals surface area (Å²) in [5.41, 5.74) is 1.40. The van der Waals surface area contributed by atoms with Crippen molar-refractivity contribution in [1.82, 2.24) is 5.32 Å². The van der Waals surface area contributed by atoms with Crippen molar-refractivity contribution in [3.8, 4) is 0 Å². The number of nitrogens with one attached hydrogen (secondary N) is 1. The Balaban J connectivity index is 1.71. The first-order valence-electron chi connectivity index (χ1n) is 13.8. The van der Waals surface area contributed by atoms with Crippen molar-refractivity contribution in [2.45, 2.75) is 103 Å². The number of unbranched alkanes of at least 4 members (excludes halogenated alkanes) is 11. The summed E-state index contributed by atoms with van der Waals surface area (Å²) in [6.45, 7) is 2.54. The number of aliphatic hydroxyl groups excluding tert-OH is 1. The first-order valence-corrected chi connectivity index (χ1v) is 13.8. The number of esters is 1. The Morgan fingerprint density at radius 1 is 0.750 bits per heavy atom. The topological polar surface area (TPSA) is 75.6 Å².